The number of ether oxygens (including phenoxy) is 2. The van der Waals surface area contributed by atoms with E-state index in [2.05, 4.69) is 12.2 Å². The highest BCUT2D eigenvalue weighted by atomic mass is 16.5. The van der Waals surface area contributed by atoms with Crippen LogP contribution in [0.15, 0.2) is 18.2 Å². The summed E-state index contributed by atoms with van der Waals surface area (Å²) < 4.78 is 10.8. The maximum absolute atomic E-state index is 5.50. The minimum absolute atomic E-state index is 0.653. The Kier molecular flexibility index (Phi) is 7.87. The predicted molar refractivity (Wildman–Crippen MR) is 81.4 cm³/mol. The van der Waals surface area contributed by atoms with Gasteiger partial charge in [-0.2, -0.15) is 0 Å². The van der Waals surface area contributed by atoms with Gasteiger partial charge in [0.15, 0.2) is 11.5 Å². The predicted octanol–water partition coefficient (Wildman–Crippen LogP) is 4.48. The van der Waals surface area contributed by atoms with E-state index in [4.69, 9.17) is 9.47 Å². The van der Waals surface area contributed by atoms with Crippen molar-refractivity contribution in [3.05, 3.63) is 18.2 Å². The van der Waals surface area contributed by atoms with E-state index < -0.39 is 0 Å². The molecule has 0 fully saturated rings. The Hall–Kier alpha value is -1.38. The molecule has 0 aliphatic rings. The number of unbranched alkanes of at least 4 members (excludes halogenated alkanes) is 4. The van der Waals surface area contributed by atoms with Crippen LogP contribution in [0, 0.1) is 0 Å². The molecule has 0 atom stereocenters. The zero-order valence-electron chi connectivity index (χ0n) is 12.5. The maximum atomic E-state index is 5.50. The van der Waals surface area contributed by atoms with Crippen molar-refractivity contribution in [2.75, 3.05) is 25.6 Å². The summed E-state index contributed by atoms with van der Waals surface area (Å²) in [6, 6.07) is 6.00. The lowest BCUT2D eigenvalue weighted by atomic mass is 10.1. The average Bonchev–Trinajstić information content (AvgIpc) is 2.44. The van der Waals surface area contributed by atoms with Crippen molar-refractivity contribution in [2.24, 2.45) is 0 Å². The van der Waals surface area contributed by atoms with Crippen LogP contribution in [0.25, 0.3) is 0 Å². The van der Waals surface area contributed by atoms with Crippen LogP contribution in [0.3, 0.4) is 0 Å². The molecule has 0 amide bonds. The molecule has 1 rings (SSSR count). The van der Waals surface area contributed by atoms with Gasteiger partial charge in [0.1, 0.15) is 0 Å². The highest BCUT2D eigenvalue weighted by molar-refractivity contribution is 5.54. The molecule has 3 nitrogen and oxygen atoms in total. The molecule has 108 valence electrons. The smallest absolute Gasteiger partial charge is 0.162 e. The molecule has 0 radical (unpaired) electrons. The molecule has 0 saturated heterocycles. The molecule has 0 aromatic heterocycles. The summed E-state index contributed by atoms with van der Waals surface area (Å²) in [5.74, 6) is 1.59. The van der Waals surface area contributed by atoms with E-state index in [1.807, 2.05) is 25.1 Å². The van der Waals surface area contributed by atoms with Crippen molar-refractivity contribution in [2.45, 2.75) is 46.0 Å². The van der Waals surface area contributed by atoms with E-state index in [-0.39, 0.29) is 0 Å². The summed E-state index contributed by atoms with van der Waals surface area (Å²) in [7, 11) is 1.67. The first-order valence-corrected chi connectivity index (χ1v) is 7.36. The van der Waals surface area contributed by atoms with Gasteiger partial charge in [-0.05, 0) is 25.5 Å². The van der Waals surface area contributed by atoms with E-state index in [0.29, 0.717) is 6.61 Å². The van der Waals surface area contributed by atoms with Crippen molar-refractivity contribution in [3.63, 3.8) is 0 Å². The van der Waals surface area contributed by atoms with Crippen molar-refractivity contribution in [1.82, 2.24) is 0 Å². The Morgan fingerprint density at radius 2 is 1.79 bits per heavy atom. The first-order valence-electron chi connectivity index (χ1n) is 7.36. The van der Waals surface area contributed by atoms with Crippen LogP contribution in [-0.2, 0) is 0 Å². The van der Waals surface area contributed by atoms with E-state index in [1.165, 1.54) is 32.1 Å². The Labute approximate surface area is 117 Å². The zero-order chi connectivity index (χ0) is 13.9. The Morgan fingerprint density at radius 1 is 1.00 bits per heavy atom. The van der Waals surface area contributed by atoms with Gasteiger partial charge in [-0.3, -0.25) is 0 Å². The summed E-state index contributed by atoms with van der Waals surface area (Å²) in [6.07, 6.45) is 6.50. The van der Waals surface area contributed by atoms with Crippen LogP contribution in [0.1, 0.15) is 46.0 Å². The summed E-state index contributed by atoms with van der Waals surface area (Å²) in [5, 5.41) is 3.43. The number of methoxy groups -OCH3 is 1. The summed E-state index contributed by atoms with van der Waals surface area (Å²) in [5.41, 5.74) is 1.09. The van der Waals surface area contributed by atoms with Gasteiger partial charge in [0.05, 0.1) is 13.7 Å². The number of benzene rings is 1. The monoisotopic (exact) mass is 265 g/mol. The van der Waals surface area contributed by atoms with Gasteiger partial charge in [0.25, 0.3) is 0 Å². The molecule has 0 bridgehead atoms. The molecule has 0 aliphatic carbocycles. The lowest BCUT2D eigenvalue weighted by Gasteiger charge is -2.12. The van der Waals surface area contributed by atoms with Gasteiger partial charge in [-0.15, -0.1) is 0 Å². The van der Waals surface area contributed by atoms with Crippen LogP contribution in [0.2, 0.25) is 0 Å². The highest BCUT2D eigenvalue weighted by Gasteiger charge is 2.04. The molecule has 0 heterocycles. The van der Waals surface area contributed by atoms with Gasteiger partial charge < -0.3 is 14.8 Å². The standard InChI is InChI=1S/C16H27NO2/c1-4-6-7-8-9-12-17-14-10-11-15(19-5-2)16(13-14)18-3/h10-11,13,17H,4-9,12H2,1-3H3. The quantitative estimate of drug-likeness (QED) is 0.633. The Balaban J connectivity index is 2.37. The Morgan fingerprint density at radius 3 is 2.47 bits per heavy atom. The fraction of sp³-hybridized carbons (Fsp3) is 0.625. The first kappa shape index (κ1) is 15.7. The number of hydrogen-bond acceptors (Lipinski definition) is 3. The van der Waals surface area contributed by atoms with Crippen LogP contribution >= 0.6 is 0 Å². The van der Waals surface area contributed by atoms with E-state index in [0.717, 1.165) is 23.7 Å². The molecule has 19 heavy (non-hydrogen) atoms. The molecule has 1 aromatic carbocycles. The van der Waals surface area contributed by atoms with Crippen LogP contribution in [-0.4, -0.2) is 20.3 Å². The third kappa shape index (κ3) is 5.86. The fourth-order valence-corrected chi connectivity index (χ4v) is 2.01. The number of hydrogen-bond donors (Lipinski definition) is 1. The van der Waals surface area contributed by atoms with Crippen molar-refractivity contribution >= 4 is 5.69 Å². The maximum Gasteiger partial charge on any atom is 0.162 e. The first-order chi connectivity index (χ1) is 9.31. The van der Waals surface area contributed by atoms with Crippen molar-refractivity contribution in [3.8, 4) is 11.5 Å². The zero-order valence-corrected chi connectivity index (χ0v) is 12.5. The molecule has 1 aromatic rings. The number of anilines is 1. The van der Waals surface area contributed by atoms with Crippen LogP contribution in [0.5, 0.6) is 11.5 Å². The largest absolute Gasteiger partial charge is 0.493 e. The summed E-state index contributed by atoms with van der Waals surface area (Å²) >= 11 is 0. The minimum Gasteiger partial charge on any atom is -0.493 e. The SMILES string of the molecule is CCCCCCCNc1ccc(OCC)c(OC)c1. The number of nitrogens with one attached hydrogen (secondary N) is 1. The van der Waals surface area contributed by atoms with Gasteiger partial charge in [0.2, 0.25) is 0 Å². The van der Waals surface area contributed by atoms with Crippen molar-refractivity contribution in [1.29, 1.82) is 0 Å². The molecule has 1 N–H and O–H groups in total. The van der Waals surface area contributed by atoms with E-state index in [9.17, 15) is 0 Å². The second-order valence-corrected chi connectivity index (χ2v) is 4.64. The van der Waals surface area contributed by atoms with E-state index >= 15 is 0 Å². The topological polar surface area (TPSA) is 30.5 Å². The summed E-state index contributed by atoms with van der Waals surface area (Å²) in [4.78, 5) is 0. The van der Waals surface area contributed by atoms with Crippen LogP contribution in [0.4, 0.5) is 5.69 Å². The summed E-state index contributed by atoms with van der Waals surface area (Å²) in [6.45, 7) is 5.88. The van der Waals surface area contributed by atoms with E-state index in [1.54, 1.807) is 7.11 Å². The van der Waals surface area contributed by atoms with Gasteiger partial charge in [0, 0.05) is 18.3 Å². The van der Waals surface area contributed by atoms with Gasteiger partial charge in [-0.25, -0.2) is 0 Å². The third-order valence-electron chi connectivity index (χ3n) is 3.07. The lowest BCUT2D eigenvalue weighted by molar-refractivity contribution is 0.311. The molecular weight excluding hydrogens is 238 g/mol. The average molecular weight is 265 g/mol. The van der Waals surface area contributed by atoms with Gasteiger partial charge >= 0.3 is 0 Å². The Bertz CT molecular complexity index is 353. The molecule has 3 heteroatoms. The normalized spacial score (nSPS) is 10.3. The van der Waals surface area contributed by atoms with Gasteiger partial charge in [-0.1, -0.05) is 32.6 Å². The highest BCUT2D eigenvalue weighted by Crippen LogP contribution is 2.30. The van der Waals surface area contributed by atoms with Crippen molar-refractivity contribution < 1.29 is 9.47 Å². The lowest BCUT2D eigenvalue weighted by Crippen LogP contribution is -2.02. The fourth-order valence-electron chi connectivity index (χ4n) is 2.01. The second kappa shape index (κ2) is 9.54. The molecule has 0 saturated carbocycles. The van der Waals surface area contributed by atoms with Crippen LogP contribution < -0.4 is 14.8 Å². The molecule has 0 unspecified atom stereocenters. The minimum atomic E-state index is 0.653. The number of rotatable bonds is 10. The molecule has 0 aliphatic heterocycles. The molecular formula is C16H27NO2. The third-order valence-corrected chi connectivity index (χ3v) is 3.07. The molecule has 0 spiro atoms. The second-order valence-electron chi connectivity index (χ2n) is 4.64.